The summed E-state index contributed by atoms with van der Waals surface area (Å²) in [5.74, 6) is 0. The molecule has 0 aromatic heterocycles. The van der Waals surface area contributed by atoms with Gasteiger partial charge in [-0.25, -0.2) is 21.6 Å². The molecule has 0 aromatic rings. The van der Waals surface area contributed by atoms with Crippen molar-refractivity contribution in [3.8, 4) is 0 Å². The number of piperidine rings is 1. The van der Waals surface area contributed by atoms with Gasteiger partial charge in [0, 0.05) is 19.1 Å². The Balaban J connectivity index is 2.69. The molecule has 0 amide bonds. The van der Waals surface area contributed by atoms with Crippen LogP contribution in [0.15, 0.2) is 0 Å². The van der Waals surface area contributed by atoms with E-state index in [0.717, 1.165) is 25.5 Å². The molecule has 1 aliphatic rings. The summed E-state index contributed by atoms with van der Waals surface area (Å²) < 4.78 is 50.5. The smallest absolute Gasteiger partial charge is 0.215 e. The minimum absolute atomic E-state index is 0.0876. The van der Waals surface area contributed by atoms with Gasteiger partial charge in [0.05, 0.1) is 11.5 Å². The van der Waals surface area contributed by atoms with E-state index in [9.17, 15) is 16.8 Å². The van der Waals surface area contributed by atoms with Crippen LogP contribution in [0, 0.1) is 0 Å². The molecule has 1 rings (SSSR count). The summed E-state index contributed by atoms with van der Waals surface area (Å²) in [6.45, 7) is 4.18. The van der Waals surface area contributed by atoms with E-state index in [1.165, 1.54) is 0 Å². The molecule has 0 aromatic carbocycles. The largest absolute Gasteiger partial charge is 0.216 e. The van der Waals surface area contributed by atoms with Crippen molar-refractivity contribution >= 4 is 20.0 Å². The van der Waals surface area contributed by atoms with Crippen molar-refractivity contribution in [1.82, 2.24) is 9.03 Å². The molecule has 0 radical (unpaired) electrons. The van der Waals surface area contributed by atoms with Crippen LogP contribution in [-0.2, 0) is 20.0 Å². The quantitative estimate of drug-likeness (QED) is 0.775. The minimum atomic E-state index is -3.26. The SMILES string of the molecule is CC(C)S(=O)(=O)N1CCCCC1CCNS(C)(=O)=O. The molecule has 1 saturated heterocycles. The highest BCUT2D eigenvalue weighted by molar-refractivity contribution is 7.89. The van der Waals surface area contributed by atoms with Crippen LogP contribution in [0.1, 0.15) is 39.5 Å². The minimum Gasteiger partial charge on any atom is -0.215 e. The second-order valence-corrected chi connectivity index (χ2v) is 9.58. The lowest BCUT2D eigenvalue weighted by molar-refractivity contribution is 0.240. The molecule has 0 bridgehead atoms. The molecule has 114 valence electrons. The molecule has 8 heteroatoms. The Morgan fingerprint density at radius 3 is 2.37 bits per heavy atom. The number of hydrogen-bond donors (Lipinski definition) is 1. The summed E-state index contributed by atoms with van der Waals surface area (Å²) in [7, 11) is -6.47. The van der Waals surface area contributed by atoms with Crippen molar-refractivity contribution in [2.75, 3.05) is 19.3 Å². The van der Waals surface area contributed by atoms with Crippen molar-refractivity contribution in [1.29, 1.82) is 0 Å². The van der Waals surface area contributed by atoms with Crippen LogP contribution in [-0.4, -0.2) is 51.8 Å². The first kappa shape index (κ1) is 16.9. The number of hydrogen-bond acceptors (Lipinski definition) is 4. The second kappa shape index (κ2) is 6.51. The fourth-order valence-electron chi connectivity index (χ4n) is 2.28. The number of nitrogens with one attached hydrogen (secondary N) is 1. The Morgan fingerprint density at radius 1 is 1.21 bits per heavy atom. The first-order valence-electron chi connectivity index (χ1n) is 6.60. The average molecular weight is 312 g/mol. The average Bonchev–Trinajstić information content (AvgIpc) is 2.27. The summed E-state index contributed by atoms with van der Waals surface area (Å²) in [5, 5.41) is -0.434. The number of rotatable bonds is 6. The molecule has 19 heavy (non-hydrogen) atoms. The molecular formula is C11H24N2O4S2. The van der Waals surface area contributed by atoms with Crippen LogP contribution >= 0.6 is 0 Å². The zero-order chi connectivity index (χ0) is 14.7. The lowest BCUT2D eigenvalue weighted by Crippen LogP contribution is -2.47. The fraction of sp³-hybridized carbons (Fsp3) is 1.00. The zero-order valence-electron chi connectivity index (χ0n) is 11.8. The van der Waals surface area contributed by atoms with Gasteiger partial charge in [0.25, 0.3) is 0 Å². The van der Waals surface area contributed by atoms with Crippen molar-refractivity contribution in [2.45, 2.75) is 50.8 Å². The predicted octanol–water partition coefficient (Wildman–Crippen LogP) is 0.518. The molecule has 0 saturated carbocycles. The Morgan fingerprint density at radius 2 is 1.84 bits per heavy atom. The van der Waals surface area contributed by atoms with Crippen LogP contribution in [0.5, 0.6) is 0 Å². The Labute approximate surface area is 116 Å². The van der Waals surface area contributed by atoms with Gasteiger partial charge >= 0.3 is 0 Å². The third-order valence-electron chi connectivity index (χ3n) is 3.34. The van der Waals surface area contributed by atoms with Crippen molar-refractivity contribution in [2.24, 2.45) is 0 Å². The number of sulfonamides is 2. The number of nitrogens with zero attached hydrogens (tertiary/aromatic N) is 1. The van der Waals surface area contributed by atoms with E-state index in [0.29, 0.717) is 13.0 Å². The zero-order valence-corrected chi connectivity index (χ0v) is 13.4. The van der Waals surface area contributed by atoms with Crippen LogP contribution in [0.3, 0.4) is 0 Å². The Kier molecular flexibility index (Phi) is 5.78. The van der Waals surface area contributed by atoms with E-state index in [-0.39, 0.29) is 12.6 Å². The van der Waals surface area contributed by atoms with Gasteiger partial charge < -0.3 is 0 Å². The third-order valence-corrected chi connectivity index (χ3v) is 6.39. The lowest BCUT2D eigenvalue weighted by atomic mass is 10.0. The highest BCUT2D eigenvalue weighted by Crippen LogP contribution is 2.24. The van der Waals surface area contributed by atoms with E-state index >= 15 is 0 Å². The summed E-state index contributed by atoms with van der Waals surface area (Å²) in [6.07, 6.45) is 4.31. The monoisotopic (exact) mass is 312 g/mol. The van der Waals surface area contributed by atoms with Crippen molar-refractivity contribution in [3.05, 3.63) is 0 Å². The fourth-order valence-corrected chi connectivity index (χ4v) is 4.32. The third kappa shape index (κ3) is 5.02. The van der Waals surface area contributed by atoms with Crippen LogP contribution in [0.4, 0.5) is 0 Å². The highest BCUT2D eigenvalue weighted by atomic mass is 32.2. The molecule has 0 spiro atoms. The van der Waals surface area contributed by atoms with E-state index < -0.39 is 25.3 Å². The molecule has 1 fully saturated rings. The van der Waals surface area contributed by atoms with Crippen LogP contribution in [0.2, 0.25) is 0 Å². The van der Waals surface area contributed by atoms with E-state index in [2.05, 4.69) is 4.72 Å². The first-order valence-corrected chi connectivity index (χ1v) is 9.99. The summed E-state index contributed by atoms with van der Waals surface area (Å²) in [5.41, 5.74) is 0. The van der Waals surface area contributed by atoms with Crippen molar-refractivity contribution < 1.29 is 16.8 Å². The second-order valence-electron chi connectivity index (χ2n) is 5.31. The topological polar surface area (TPSA) is 83.6 Å². The predicted molar refractivity (Wildman–Crippen MR) is 75.9 cm³/mol. The van der Waals surface area contributed by atoms with Gasteiger partial charge in [-0.05, 0) is 33.1 Å². The maximum absolute atomic E-state index is 12.2. The maximum Gasteiger partial charge on any atom is 0.216 e. The van der Waals surface area contributed by atoms with Crippen LogP contribution in [0.25, 0.3) is 0 Å². The van der Waals surface area contributed by atoms with E-state index in [1.54, 1.807) is 18.2 Å². The molecule has 1 atom stereocenters. The summed E-state index contributed by atoms with van der Waals surface area (Å²) >= 11 is 0. The lowest BCUT2D eigenvalue weighted by Gasteiger charge is -2.36. The van der Waals surface area contributed by atoms with E-state index in [1.807, 2.05) is 0 Å². The molecular weight excluding hydrogens is 288 g/mol. The normalized spacial score (nSPS) is 22.8. The Bertz CT molecular complexity index is 485. The first-order chi connectivity index (χ1) is 8.64. The molecule has 1 unspecified atom stereocenters. The van der Waals surface area contributed by atoms with E-state index in [4.69, 9.17) is 0 Å². The van der Waals surface area contributed by atoms with Gasteiger partial charge in [-0.3, -0.25) is 0 Å². The van der Waals surface area contributed by atoms with Gasteiger partial charge in [-0.2, -0.15) is 4.31 Å². The standard InChI is InChI=1S/C11H24N2O4S2/c1-10(2)19(16,17)13-9-5-4-6-11(13)7-8-12-18(3,14)15/h10-12H,4-9H2,1-3H3. The van der Waals surface area contributed by atoms with Gasteiger partial charge in [0.2, 0.25) is 20.0 Å². The van der Waals surface area contributed by atoms with Crippen LogP contribution < -0.4 is 4.72 Å². The molecule has 6 nitrogen and oxygen atoms in total. The van der Waals surface area contributed by atoms with Gasteiger partial charge in [-0.15, -0.1) is 0 Å². The molecule has 1 aliphatic heterocycles. The highest BCUT2D eigenvalue weighted by Gasteiger charge is 2.33. The Hall–Kier alpha value is -0.180. The maximum atomic E-state index is 12.2. The summed E-state index contributed by atoms with van der Waals surface area (Å²) in [4.78, 5) is 0. The molecule has 1 heterocycles. The molecule has 0 aliphatic carbocycles. The van der Waals surface area contributed by atoms with Crippen molar-refractivity contribution in [3.63, 3.8) is 0 Å². The van der Waals surface area contributed by atoms with Gasteiger partial charge in [-0.1, -0.05) is 6.42 Å². The molecule has 1 N–H and O–H groups in total. The van der Waals surface area contributed by atoms with Gasteiger partial charge in [0.15, 0.2) is 0 Å². The summed E-state index contributed by atoms with van der Waals surface area (Å²) in [6, 6.07) is -0.0876. The van der Waals surface area contributed by atoms with Gasteiger partial charge in [0.1, 0.15) is 0 Å².